The number of benzene rings is 1. The van der Waals surface area contributed by atoms with Gasteiger partial charge in [-0.25, -0.2) is 8.78 Å². The maximum atomic E-state index is 13.2. The standard InChI is InChI=1S/C13H17F2NO/c1-10(2)17-12-6-4-3-5-11(12)16-8-7-13(14,15)9-16/h3-6,10H,7-9H2,1-2H3. The summed E-state index contributed by atoms with van der Waals surface area (Å²) in [7, 11) is 0. The van der Waals surface area contributed by atoms with Crippen LogP contribution >= 0.6 is 0 Å². The van der Waals surface area contributed by atoms with Gasteiger partial charge in [0.05, 0.1) is 18.3 Å². The van der Waals surface area contributed by atoms with E-state index in [1.807, 2.05) is 38.1 Å². The minimum absolute atomic E-state index is 0.0410. The molecule has 2 nitrogen and oxygen atoms in total. The van der Waals surface area contributed by atoms with Crippen LogP contribution in [0.1, 0.15) is 20.3 Å². The number of hydrogen-bond acceptors (Lipinski definition) is 2. The van der Waals surface area contributed by atoms with Crippen molar-refractivity contribution >= 4 is 5.69 Å². The molecule has 2 rings (SSSR count). The summed E-state index contributed by atoms with van der Waals surface area (Å²) in [4.78, 5) is 1.69. The predicted molar refractivity (Wildman–Crippen MR) is 64.0 cm³/mol. The van der Waals surface area contributed by atoms with Gasteiger partial charge in [-0.3, -0.25) is 0 Å². The second-order valence-electron chi connectivity index (χ2n) is 4.66. The smallest absolute Gasteiger partial charge is 0.266 e. The van der Waals surface area contributed by atoms with E-state index in [1.165, 1.54) is 0 Å². The van der Waals surface area contributed by atoms with Gasteiger partial charge >= 0.3 is 0 Å². The van der Waals surface area contributed by atoms with Crippen LogP contribution in [0.3, 0.4) is 0 Å². The molecule has 1 aromatic carbocycles. The first kappa shape index (κ1) is 12.1. The molecule has 1 aliphatic rings. The Kier molecular flexibility index (Phi) is 3.22. The summed E-state index contributed by atoms with van der Waals surface area (Å²) in [5.41, 5.74) is 0.762. The summed E-state index contributed by atoms with van der Waals surface area (Å²) >= 11 is 0. The molecule has 0 saturated carbocycles. The third-order valence-electron chi connectivity index (χ3n) is 2.74. The molecule has 1 aromatic rings. The molecule has 1 aliphatic heterocycles. The maximum Gasteiger partial charge on any atom is 0.266 e. The van der Waals surface area contributed by atoms with Gasteiger partial charge in [0, 0.05) is 13.0 Å². The number of ether oxygens (including phenoxy) is 1. The van der Waals surface area contributed by atoms with Crippen LogP contribution < -0.4 is 9.64 Å². The van der Waals surface area contributed by atoms with E-state index in [0.717, 1.165) is 5.69 Å². The van der Waals surface area contributed by atoms with Crippen LogP contribution in [0, 0.1) is 0 Å². The van der Waals surface area contributed by atoms with Crippen molar-refractivity contribution in [2.24, 2.45) is 0 Å². The highest BCUT2D eigenvalue weighted by Crippen LogP contribution is 2.36. The topological polar surface area (TPSA) is 12.5 Å². The van der Waals surface area contributed by atoms with E-state index in [4.69, 9.17) is 4.74 Å². The highest BCUT2D eigenvalue weighted by molar-refractivity contribution is 5.59. The third kappa shape index (κ3) is 2.87. The summed E-state index contributed by atoms with van der Waals surface area (Å²) in [6.45, 7) is 4.02. The van der Waals surface area contributed by atoms with Crippen LogP contribution in [0.5, 0.6) is 5.75 Å². The van der Waals surface area contributed by atoms with Gasteiger partial charge < -0.3 is 9.64 Å². The fraction of sp³-hybridized carbons (Fsp3) is 0.538. The number of anilines is 1. The minimum Gasteiger partial charge on any atom is -0.489 e. The van der Waals surface area contributed by atoms with Gasteiger partial charge in [0.15, 0.2) is 0 Å². The van der Waals surface area contributed by atoms with Crippen molar-refractivity contribution in [1.82, 2.24) is 0 Å². The van der Waals surface area contributed by atoms with Crippen LogP contribution in [0.15, 0.2) is 24.3 Å². The van der Waals surface area contributed by atoms with Crippen LogP contribution in [-0.4, -0.2) is 25.1 Å². The number of para-hydroxylation sites is 2. The third-order valence-corrected chi connectivity index (χ3v) is 2.74. The summed E-state index contributed by atoms with van der Waals surface area (Å²) < 4.78 is 32.0. The lowest BCUT2D eigenvalue weighted by Gasteiger charge is -2.22. The first-order chi connectivity index (χ1) is 7.98. The zero-order valence-electron chi connectivity index (χ0n) is 10.1. The molecule has 0 unspecified atom stereocenters. The Hall–Kier alpha value is -1.32. The fourth-order valence-corrected chi connectivity index (χ4v) is 2.01. The Morgan fingerprint density at radius 3 is 2.59 bits per heavy atom. The highest BCUT2D eigenvalue weighted by atomic mass is 19.3. The Morgan fingerprint density at radius 1 is 1.29 bits per heavy atom. The number of rotatable bonds is 3. The lowest BCUT2D eigenvalue weighted by molar-refractivity contribution is 0.0257. The SMILES string of the molecule is CC(C)Oc1ccccc1N1CCC(F)(F)C1. The van der Waals surface area contributed by atoms with Crippen LogP contribution in [0.2, 0.25) is 0 Å². The van der Waals surface area contributed by atoms with Gasteiger partial charge in [-0.1, -0.05) is 12.1 Å². The molecule has 0 spiro atoms. The van der Waals surface area contributed by atoms with Gasteiger partial charge in [-0.05, 0) is 26.0 Å². The summed E-state index contributed by atoms with van der Waals surface area (Å²) in [6, 6.07) is 7.36. The first-order valence-corrected chi connectivity index (χ1v) is 5.86. The van der Waals surface area contributed by atoms with Crippen molar-refractivity contribution in [3.63, 3.8) is 0 Å². The molecule has 0 N–H and O–H groups in total. The predicted octanol–water partition coefficient (Wildman–Crippen LogP) is 3.32. The van der Waals surface area contributed by atoms with Crippen molar-refractivity contribution in [3.8, 4) is 5.75 Å². The molecule has 1 fully saturated rings. The second kappa shape index (κ2) is 4.51. The molecule has 4 heteroatoms. The van der Waals surface area contributed by atoms with E-state index in [1.54, 1.807) is 4.90 Å². The normalized spacial score (nSPS) is 18.8. The van der Waals surface area contributed by atoms with Crippen molar-refractivity contribution in [1.29, 1.82) is 0 Å². The number of halogens is 2. The summed E-state index contributed by atoms with van der Waals surface area (Å²) in [6.07, 6.45) is -0.0394. The van der Waals surface area contributed by atoms with Crippen LogP contribution in [0.4, 0.5) is 14.5 Å². The molecule has 17 heavy (non-hydrogen) atoms. The monoisotopic (exact) mass is 241 g/mol. The second-order valence-corrected chi connectivity index (χ2v) is 4.66. The first-order valence-electron chi connectivity index (χ1n) is 5.86. The molecule has 0 radical (unpaired) electrons. The molecule has 0 atom stereocenters. The zero-order chi connectivity index (χ0) is 12.5. The minimum atomic E-state index is -2.58. The van der Waals surface area contributed by atoms with E-state index in [0.29, 0.717) is 12.3 Å². The van der Waals surface area contributed by atoms with E-state index in [-0.39, 0.29) is 19.1 Å². The number of nitrogens with zero attached hydrogens (tertiary/aromatic N) is 1. The van der Waals surface area contributed by atoms with Crippen LogP contribution in [0.25, 0.3) is 0 Å². The van der Waals surface area contributed by atoms with Gasteiger partial charge in [0.1, 0.15) is 5.75 Å². The Bertz CT molecular complexity index is 393. The molecule has 1 saturated heterocycles. The zero-order valence-corrected chi connectivity index (χ0v) is 10.1. The molecule has 94 valence electrons. The van der Waals surface area contributed by atoms with Gasteiger partial charge in [-0.2, -0.15) is 0 Å². The van der Waals surface area contributed by atoms with Crippen molar-refractivity contribution < 1.29 is 13.5 Å². The number of hydrogen-bond donors (Lipinski definition) is 0. The summed E-state index contributed by atoms with van der Waals surface area (Å²) in [5.74, 6) is -1.90. The maximum absolute atomic E-state index is 13.2. The Labute approximate surface area is 100 Å². The van der Waals surface area contributed by atoms with E-state index in [9.17, 15) is 8.78 Å². The summed E-state index contributed by atoms with van der Waals surface area (Å²) in [5, 5.41) is 0. The average molecular weight is 241 g/mol. The molecule has 0 bridgehead atoms. The Balaban J connectivity index is 2.21. The van der Waals surface area contributed by atoms with Crippen molar-refractivity contribution in [2.45, 2.75) is 32.3 Å². The van der Waals surface area contributed by atoms with Crippen molar-refractivity contribution in [2.75, 3.05) is 18.0 Å². The molecular formula is C13H17F2NO. The lowest BCUT2D eigenvalue weighted by atomic mass is 10.2. The van der Waals surface area contributed by atoms with E-state index in [2.05, 4.69) is 0 Å². The van der Waals surface area contributed by atoms with Gasteiger partial charge in [-0.15, -0.1) is 0 Å². The molecule has 1 heterocycles. The van der Waals surface area contributed by atoms with Gasteiger partial charge in [0.25, 0.3) is 5.92 Å². The van der Waals surface area contributed by atoms with Gasteiger partial charge in [0.2, 0.25) is 0 Å². The molecule has 0 amide bonds. The van der Waals surface area contributed by atoms with Crippen molar-refractivity contribution in [3.05, 3.63) is 24.3 Å². The average Bonchev–Trinajstić information content (AvgIpc) is 2.59. The Morgan fingerprint density at radius 2 is 2.00 bits per heavy atom. The highest BCUT2D eigenvalue weighted by Gasteiger charge is 2.39. The number of alkyl halides is 2. The quantitative estimate of drug-likeness (QED) is 0.805. The lowest BCUT2D eigenvalue weighted by Crippen LogP contribution is -2.25. The largest absolute Gasteiger partial charge is 0.489 e. The molecule has 0 aliphatic carbocycles. The van der Waals surface area contributed by atoms with E-state index < -0.39 is 5.92 Å². The fourth-order valence-electron chi connectivity index (χ4n) is 2.01. The molecular weight excluding hydrogens is 224 g/mol. The molecule has 0 aromatic heterocycles. The van der Waals surface area contributed by atoms with Crippen LogP contribution in [-0.2, 0) is 0 Å². The van der Waals surface area contributed by atoms with E-state index >= 15 is 0 Å².